The average Bonchev–Trinajstić information content (AvgIpc) is 2.96. The Morgan fingerprint density at radius 1 is 1.20 bits per heavy atom. The van der Waals surface area contributed by atoms with Crippen LogP contribution in [0.5, 0.6) is 0 Å². The van der Waals surface area contributed by atoms with E-state index in [2.05, 4.69) is 5.32 Å². The molecule has 1 unspecified atom stereocenters. The number of carbonyl (C=O) groups is 2. The van der Waals surface area contributed by atoms with E-state index in [1.807, 2.05) is 42.1 Å². The fourth-order valence-corrected chi connectivity index (χ4v) is 2.93. The first kappa shape index (κ1) is 25.5. The number of nitrogens with zero attached hydrogens (tertiary/aromatic N) is 1. The van der Waals surface area contributed by atoms with Crippen LogP contribution in [0.4, 0.5) is 0 Å². The number of carboxylic acids is 1. The average molecular weight is 445 g/mol. The Hall–Kier alpha value is -2.51. The Morgan fingerprint density at radius 3 is 2.37 bits per heavy atom. The van der Waals surface area contributed by atoms with Gasteiger partial charge in [-0.1, -0.05) is 24.6 Å². The molecule has 1 aromatic heterocycles. The number of aliphatic carboxylic acids is 1. The highest BCUT2D eigenvalue weighted by molar-refractivity contribution is 7.79. The molecule has 11 nitrogen and oxygen atoms in total. The first-order chi connectivity index (χ1) is 13.9. The van der Waals surface area contributed by atoms with E-state index in [9.17, 15) is 14.7 Å². The molecule has 0 aliphatic heterocycles. The van der Waals surface area contributed by atoms with Crippen LogP contribution in [0.1, 0.15) is 24.8 Å². The van der Waals surface area contributed by atoms with Crippen molar-refractivity contribution in [3.05, 3.63) is 36.0 Å². The number of amides is 1. The largest absolute Gasteiger partial charge is 0.480 e. The van der Waals surface area contributed by atoms with E-state index in [-0.39, 0.29) is 6.42 Å². The quantitative estimate of drug-likeness (QED) is 0.229. The number of benzene rings is 1. The van der Waals surface area contributed by atoms with Crippen molar-refractivity contribution in [1.82, 2.24) is 9.88 Å². The summed E-state index contributed by atoms with van der Waals surface area (Å²) >= 11 is 0. The van der Waals surface area contributed by atoms with Crippen LogP contribution in [0.2, 0.25) is 0 Å². The number of para-hydroxylation sites is 1. The third-order valence-corrected chi connectivity index (χ3v) is 4.32. The Morgan fingerprint density at radius 2 is 1.80 bits per heavy atom. The molecule has 2 rings (SSSR count). The van der Waals surface area contributed by atoms with Gasteiger partial charge in [0, 0.05) is 30.6 Å². The lowest BCUT2D eigenvalue weighted by Gasteiger charge is -2.17. The zero-order valence-corrected chi connectivity index (χ0v) is 17.4. The SMILES string of the molecule is Cn1cc(C[C@@H](NC(=O)C(N)CCCCN)C(=O)O)c2ccccc21.O=S(=O)(O)O. The smallest absolute Gasteiger partial charge is 0.394 e. The lowest BCUT2D eigenvalue weighted by molar-refractivity contribution is -0.142. The third-order valence-electron chi connectivity index (χ3n) is 4.32. The first-order valence-corrected chi connectivity index (χ1v) is 10.6. The number of unbranched alkanes of at least 4 members (excludes halogenated alkanes) is 1. The van der Waals surface area contributed by atoms with Crippen LogP contribution in [0.25, 0.3) is 10.9 Å². The molecule has 0 spiro atoms. The molecule has 0 fully saturated rings. The van der Waals surface area contributed by atoms with Crippen LogP contribution in [-0.2, 0) is 33.5 Å². The summed E-state index contributed by atoms with van der Waals surface area (Å²) in [6, 6.07) is 6.03. The molecule has 2 aromatic rings. The molecule has 0 aliphatic carbocycles. The zero-order valence-electron chi connectivity index (χ0n) is 16.6. The van der Waals surface area contributed by atoms with Crippen LogP contribution < -0.4 is 16.8 Å². The molecule has 0 bridgehead atoms. The Balaban J connectivity index is 0.000000804. The van der Waals surface area contributed by atoms with Crippen molar-refractivity contribution in [2.24, 2.45) is 18.5 Å². The molecular formula is C18H28N4O7S. The second-order valence-corrected chi connectivity index (χ2v) is 7.62. The third kappa shape index (κ3) is 8.88. The van der Waals surface area contributed by atoms with Crippen molar-refractivity contribution in [2.75, 3.05) is 6.54 Å². The van der Waals surface area contributed by atoms with Gasteiger partial charge in [0.25, 0.3) is 0 Å². The van der Waals surface area contributed by atoms with Gasteiger partial charge in [-0.3, -0.25) is 13.9 Å². The van der Waals surface area contributed by atoms with E-state index < -0.39 is 34.4 Å². The minimum Gasteiger partial charge on any atom is -0.480 e. The maximum Gasteiger partial charge on any atom is 0.394 e. The van der Waals surface area contributed by atoms with Gasteiger partial charge in [-0.25, -0.2) is 4.79 Å². The lowest BCUT2D eigenvalue weighted by atomic mass is 10.0. The van der Waals surface area contributed by atoms with Crippen LogP contribution in [0.3, 0.4) is 0 Å². The molecule has 2 atom stereocenters. The molecule has 168 valence electrons. The zero-order chi connectivity index (χ0) is 22.9. The van der Waals surface area contributed by atoms with Crippen molar-refractivity contribution >= 4 is 33.2 Å². The molecule has 0 radical (unpaired) electrons. The number of carboxylic acid groups (broad SMARTS) is 1. The summed E-state index contributed by atoms with van der Waals surface area (Å²) in [7, 11) is -2.76. The van der Waals surface area contributed by atoms with Gasteiger partial charge < -0.3 is 26.5 Å². The van der Waals surface area contributed by atoms with E-state index in [4.69, 9.17) is 29.0 Å². The molecule has 1 heterocycles. The standard InChI is InChI=1S/C18H26N4O3.H2O4S/c1-22-11-12(13-6-2-3-8-16(13)22)10-15(18(24)25)21-17(23)14(20)7-4-5-9-19;1-5(2,3)4/h2-3,6,8,11,14-15H,4-5,7,9-10,19-20H2,1H3,(H,21,23)(H,24,25);(H2,1,2,3,4)/t14?,15-;/m1./s1. The van der Waals surface area contributed by atoms with Gasteiger partial charge in [0.1, 0.15) is 6.04 Å². The van der Waals surface area contributed by atoms with Crippen LogP contribution in [0, 0.1) is 0 Å². The van der Waals surface area contributed by atoms with E-state index in [1.165, 1.54) is 0 Å². The number of hydrogen-bond acceptors (Lipinski definition) is 6. The highest BCUT2D eigenvalue weighted by Crippen LogP contribution is 2.21. The van der Waals surface area contributed by atoms with Crippen molar-refractivity contribution in [3.8, 4) is 0 Å². The highest BCUT2D eigenvalue weighted by Gasteiger charge is 2.24. The molecule has 0 saturated carbocycles. The predicted molar refractivity (Wildman–Crippen MR) is 111 cm³/mol. The van der Waals surface area contributed by atoms with Crippen molar-refractivity contribution in [3.63, 3.8) is 0 Å². The topological polar surface area (TPSA) is 198 Å². The van der Waals surface area contributed by atoms with Crippen molar-refractivity contribution < 1.29 is 32.2 Å². The predicted octanol–water partition coefficient (Wildman–Crippen LogP) is 0.0937. The van der Waals surface area contributed by atoms with Crippen LogP contribution >= 0.6 is 0 Å². The number of hydrogen-bond donors (Lipinski definition) is 6. The molecular weight excluding hydrogens is 416 g/mol. The maximum absolute atomic E-state index is 12.2. The Bertz CT molecular complexity index is 951. The molecule has 1 aromatic carbocycles. The van der Waals surface area contributed by atoms with E-state index in [0.717, 1.165) is 29.3 Å². The highest BCUT2D eigenvalue weighted by atomic mass is 32.3. The molecule has 8 N–H and O–H groups in total. The first-order valence-electron chi connectivity index (χ1n) is 9.15. The van der Waals surface area contributed by atoms with E-state index in [1.54, 1.807) is 0 Å². The minimum atomic E-state index is -4.67. The monoisotopic (exact) mass is 444 g/mol. The number of nitrogens with two attached hydrogens (primary N) is 2. The van der Waals surface area contributed by atoms with Gasteiger partial charge in [-0.05, 0) is 31.0 Å². The van der Waals surface area contributed by atoms with Gasteiger partial charge in [0.2, 0.25) is 5.91 Å². The van der Waals surface area contributed by atoms with Gasteiger partial charge in [-0.2, -0.15) is 8.42 Å². The fraction of sp³-hybridized carbons (Fsp3) is 0.444. The molecule has 12 heteroatoms. The number of aryl methyl sites for hydroxylation is 1. The van der Waals surface area contributed by atoms with Gasteiger partial charge >= 0.3 is 16.4 Å². The van der Waals surface area contributed by atoms with Crippen molar-refractivity contribution in [1.29, 1.82) is 0 Å². The second kappa shape index (κ2) is 11.6. The number of carbonyl (C=O) groups excluding carboxylic acids is 1. The van der Waals surface area contributed by atoms with Gasteiger partial charge in [0.05, 0.1) is 6.04 Å². The lowest BCUT2D eigenvalue weighted by Crippen LogP contribution is -2.49. The summed E-state index contributed by atoms with van der Waals surface area (Å²) in [5.74, 6) is -1.51. The summed E-state index contributed by atoms with van der Waals surface area (Å²) in [6.45, 7) is 0.549. The Labute approximate surface area is 174 Å². The number of fused-ring (bicyclic) bond motifs is 1. The number of rotatable bonds is 9. The maximum atomic E-state index is 12.2. The number of aromatic nitrogens is 1. The van der Waals surface area contributed by atoms with Gasteiger partial charge in [-0.15, -0.1) is 0 Å². The fourth-order valence-electron chi connectivity index (χ4n) is 2.93. The summed E-state index contributed by atoms with van der Waals surface area (Å²) in [5, 5.41) is 13.0. The normalized spacial score (nSPS) is 13.2. The van der Waals surface area contributed by atoms with Gasteiger partial charge in [0.15, 0.2) is 0 Å². The van der Waals surface area contributed by atoms with E-state index >= 15 is 0 Å². The van der Waals surface area contributed by atoms with Crippen LogP contribution in [-0.4, -0.2) is 57.7 Å². The van der Waals surface area contributed by atoms with E-state index in [0.29, 0.717) is 13.0 Å². The summed E-state index contributed by atoms with van der Waals surface area (Å²) in [5.41, 5.74) is 13.2. The molecule has 1 amide bonds. The minimum absolute atomic E-state index is 0.206. The Kier molecular flexibility index (Phi) is 9.89. The summed E-state index contributed by atoms with van der Waals surface area (Å²) in [6.07, 6.45) is 4.13. The molecule has 0 saturated heterocycles. The van der Waals surface area contributed by atoms with Crippen LogP contribution in [0.15, 0.2) is 30.5 Å². The summed E-state index contributed by atoms with van der Waals surface area (Å²) in [4.78, 5) is 23.8. The second-order valence-electron chi connectivity index (χ2n) is 6.72. The molecule has 30 heavy (non-hydrogen) atoms. The summed E-state index contributed by atoms with van der Waals surface area (Å²) < 4.78 is 33.5. The number of nitrogens with one attached hydrogen (secondary N) is 1. The molecule has 0 aliphatic rings. The van der Waals surface area contributed by atoms with Crippen molar-refractivity contribution in [2.45, 2.75) is 37.8 Å².